The van der Waals surface area contributed by atoms with Gasteiger partial charge in [0.1, 0.15) is 13.2 Å². The van der Waals surface area contributed by atoms with Crippen molar-refractivity contribution in [3.05, 3.63) is 60.8 Å². The molecule has 0 aliphatic rings. The van der Waals surface area contributed by atoms with Gasteiger partial charge in [-0.1, -0.05) is 255 Å². The minimum atomic E-state index is -0.785. The Hall–Kier alpha value is -2.89. The predicted octanol–water partition coefficient (Wildman–Crippen LogP) is 20.8. The maximum absolute atomic E-state index is 12.8. The van der Waals surface area contributed by atoms with Crippen LogP contribution in [0.5, 0.6) is 0 Å². The molecule has 0 rings (SSSR count). The number of rotatable bonds is 56. The molecule has 6 heteroatoms. The molecule has 412 valence electrons. The lowest BCUT2D eigenvalue weighted by molar-refractivity contribution is -0.167. The molecule has 0 spiro atoms. The quantitative estimate of drug-likeness (QED) is 0.0261. The van der Waals surface area contributed by atoms with Crippen LogP contribution in [0.3, 0.4) is 0 Å². The van der Waals surface area contributed by atoms with Crippen molar-refractivity contribution in [2.24, 2.45) is 0 Å². The fourth-order valence-electron chi connectivity index (χ4n) is 8.78. The normalized spacial score (nSPS) is 12.4. The Kier molecular flexibility index (Phi) is 57.2. The van der Waals surface area contributed by atoms with Crippen LogP contribution >= 0.6 is 0 Å². The molecule has 6 nitrogen and oxygen atoms in total. The molecule has 71 heavy (non-hydrogen) atoms. The Morgan fingerprint density at radius 1 is 0.282 bits per heavy atom. The van der Waals surface area contributed by atoms with Crippen molar-refractivity contribution >= 4 is 17.9 Å². The smallest absolute Gasteiger partial charge is 0.306 e. The lowest BCUT2D eigenvalue weighted by Gasteiger charge is -2.18. The van der Waals surface area contributed by atoms with Gasteiger partial charge in [-0.25, -0.2) is 0 Å². The van der Waals surface area contributed by atoms with E-state index in [0.717, 1.165) is 96.3 Å². The lowest BCUT2D eigenvalue weighted by atomic mass is 10.0. The number of esters is 3. The molecule has 0 heterocycles. The second-order valence-electron chi connectivity index (χ2n) is 20.6. The average Bonchev–Trinajstić information content (AvgIpc) is 3.37. The summed E-state index contributed by atoms with van der Waals surface area (Å²) in [5.41, 5.74) is 0. The fourth-order valence-corrected chi connectivity index (χ4v) is 8.78. The van der Waals surface area contributed by atoms with Crippen LogP contribution < -0.4 is 0 Å². The standard InChI is InChI=1S/C65H116O6/c1-4-7-10-13-16-19-22-25-28-29-30-31-32-33-34-35-36-37-38-41-43-46-49-52-55-58-64(67)70-61-62(71-65(68)59-56-53-50-47-44-40-27-24-21-18-15-12-9-6-3)60-69-63(66)57-54-51-48-45-42-39-26-23-20-17-14-11-8-5-2/h15,18,22-27,29-30,62H,4-14,16-17,19-21,28,31-61H2,1-3H3/b18-15-,25-22-,26-23-,27-24-,30-29-. The topological polar surface area (TPSA) is 78.9 Å². The first kappa shape index (κ1) is 68.1. The van der Waals surface area contributed by atoms with E-state index in [2.05, 4.69) is 81.5 Å². The first-order valence-corrected chi connectivity index (χ1v) is 30.8. The molecule has 0 saturated carbocycles. The SMILES string of the molecule is CCCC/C=C\C/C=C\CCCCCCCC(=O)OC(COC(=O)CCCCCCC/C=C\CCCCCCC)COC(=O)CCCCCCCCCCCCCCC/C=C\C/C=C\CCCCCCC. The molecule has 0 aromatic carbocycles. The van der Waals surface area contributed by atoms with E-state index in [4.69, 9.17) is 14.2 Å². The molecule has 1 atom stereocenters. The van der Waals surface area contributed by atoms with Crippen molar-refractivity contribution in [1.29, 1.82) is 0 Å². The highest BCUT2D eigenvalue weighted by molar-refractivity contribution is 5.71. The van der Waals surface area contributed by atoms with Gasteiger partial charge in [-0.15, -0.1) is 0 Å². The minimum absolute atomic E-state index is 0.0814. The molecule has 0 saturated heterocycles. The van der Waals surface area contributed by atoms with Crippen molar-refractivity contribution in [3.8, 4) is 0 Å². The number of carbonyl (C=O) groups is 3. The van der Waals surface area contributed by atoms with Crippen molar-refractivity contribution in [3.63, 3.8) is 0 Å². The molecule has 0 amide bonds. The third-order valence-corrected chi connectivity index (χ3v) is 13.5. The summed E-state index contributed by atoms with van der Waals surface area (Å²) in [6, 6.07) is 0. The Morgan fingerprint density at radius 3 is 0.831 bits per heavy atom. The number of allylic oxidation sites excluding steroid dienone is 10. The minimum Gasteiger partial charge on any atom is -0.462 e. The first-order chi connectivity index (χ1) is 35.0. The van der Waals surface area contributed by atoms with E-state index in [1.807, 2.05) is 0 Å². The van der Waals surface area contributed by atoms with Gasteiger partial charge in [0.2, 0.25) is 0 Å². The van der Waals surface area contributed by atoms with Crippen LogP contribution in [-0.2, 0) is 28.6 Å². The average molecular weight is 994 g/mol. The molecule has 0 aliphatic carbocycles. The summed E-state index contributed by atoms with van der Waals surface area (Å²) in [4.78, 5) is 38.2. The maximum atomic E-state index is 12.8. The Labute approximate surface area is 440 Å². The van der Waals surface area contributed by atoms with Gasteiger partial charge in [-0.2, -0.15) is 0 Å². The van der Waals surface area contributed by atoms with E-state index in [9.17, 15) is 14.4 Å². The zero-order chi connectivity index (χ0) is 51.4. The van der Waals surface area contributed by atoms with E-state index >= 15 is 0 Å². The molecule has 0 aliphatic heterocycles. The molecule has 0 aromatic heterocycles. The highest BCUT2D eigenvalue weighted by atomic mass is 16.6. The molecular weight excluding hydrogens is 877 g/mol. The molecule has 0 fully saturated rings. The monoisotopic (exact) mass is 993 g/mol. The van der Waals surface area contributed by atoms with E-state index in [-0.39, 0.29) is 31.1 Å². The third kappa shape index (κ3) is 57.9. The van der Waals surface area contributed by atoms with Crippen LogP contribution in [0.2, 0.25) is 0 Å². The summed E-state index contributed by atoms with van der Waals surface area (Å²) in [5, 5.41) is 0. The van der Waals surface area contributed by atoms with Gasteiger partial charge >= 0.3 is 17.9 Å². The molecular formula is C65H116O6. The van der Waals surface area contributed by atoms with E-state index in [0.29, 0.717) is 19.3 Å². The van der Waals surface area contributed by atoms with Crippen molar-refractivity contribution in [2.45, 2.75) is 322 Å². The second kappa shape index (κ2) is 59.7. The van der Waals surface area contributed by atoms with Crippen LogP contribution in [-0.4, -0.2) is 37.2 Å². The van der Waals surface area contributed by atoms with Gasteiger partial charge in [-0.3, -0.25) is 14.4 Å². The summed E-state index contributed by atoms with van der Waals surface area (Å²) in [6.45, 7) is 6.59. The van der Waals surface area contributed by atoms with Crippen molar-refractivity contribution < 1.29 is 28.6 Å². The van der Waals surface area contributed by atoms with Gasteiger partial charge in [0.15, 0.2) is 6.10 Å². The molecule has 0 bridgehead atoms. The Bertz CT molecular complexity index is 1280. The highest BCUT2D eigenvalue weighted by Crippen LogP contribution is 2.16. The summed E-state index contributed by atoms with van der Waals surface area (Å²) in [7, 11) is 0. The molecule has 0 N–H and O–H groups in total. The van der Waals surface area contributed by atoms with Gasteiger partial charge in [0, 0.05) is 19.3 Å². The number of carbonyl (C=O) groups excluding carboxylic acids is 3. The molecule has 1 unspecified atom stereocenters. The van der Waals surface area contributed by atoms with E-state index in [1.165, 1.54) is 180 Å². The summed E-state index contributed by atoms with van der Waals surface area (Å²) >= 11 is 0. The zero-order valence-corrected chi connectivity index (χ0v) is 47.2. The third-order valence-electron chi connectivity index (χ3n) is 13.5. The van der Waals surface area contributed by atoms with Gasteiger partial charge < -0.3 is 14.2 Å². The van der Waals surface area contributed by atoms with Gasteiger partial charge in [0.25, 0.3) is 0 Å². The number of hydrogen-bond acceptors (Lipinski definition) is 6. The second-order valence-corrected chi connectivity index (χ2v) is 20.6. The fraction of sp³-hybridized carbons (Fsp3) is 0.800. The number of unbranched alkanes of at least 4 members (excludes halogenated alkanes) is 35. The number of hydrogen-bond donors (Lipinski definition) is 0. The predicted molar refractivity (Wildman–Crippen MR) is 307 cm³/mol. The summed E-state index contributed by atoms with van der Waals surface area (Å²) in [6.07, 6.45) is 75.1. The molecule has 0 radical (unpaired) electrons. The Balaban J connectivity index is 4.27. The number of ether oxygens (including phenoxy) is 3. The van der Waals surface area contributed by atoms with Crippen LogP contribution in [0.15, 0.2) is 60.8 Å². The summed E-state index contributed by atoms with van der Waals surface area (Å²) < 4.78 is 16.9. The Morgan fingerprint density at radius 2 is 0.521 bits per heavy atom. The van der Waals surface area contributed by atoms with Gasteiger partial charge in [0.05, 0.1) is 0 Å². The van der Waals surface area contributed by atoms with Crippen molar-refractivity contribution in [2.75, 3.05) is 13.2 Å². The van der Waals surface area contributed by atoms with Crippen molar-refractivity contribution in [1.82, 2.24) is 0 Å². The van der Waals surface area contributed by atoms with Crippen LogP contribution in [0.25, 0.3) is 0 Å². The lowest BCUT2D eigenvalue weighted by Crippen LogP contribution is -2.30. The van der Waals surface area contributed by atoms with Crippen LogP contribution in [0, 0.1) is 0 Å². The first-order valence-electron chi connectivity index (χ1n) is 30.8. The largest absolute Gasteiger partial charge is 0.462 e. The summed E-state index contributed by atoms with van der Waals surface area (Å²) in [5.74, 6) is -0.892. The highest BCUT2D eigenvalue weighted by Gasteiger charge is 2.19. The van der Waals surface area contributed by atoms with E-state index < -0.39 is 6.10 Å². The molecule has 0 aromatic rings. The zero-order valence-electron chi connectivity index (χ0n) is 47.2. The van der Waals surface area contributed by atoms with Gasteiger partial charge in [-0.05, 0) is 103 Å². The van der Waals surface area contributed by atoms with Crippen LogP contribution in [0.1, 0.15) is 316 Å². The van der Waals surface area contributed by atoms with E-state index in [1.54, 1.807) is 0 Å². The maximum Gasteiger partial charge on any atom is 0.306 e. The van der Waals surface area contributed by atoms with Crippen LogP contribution in [0.4, 0.5) is 0 Å².